The molecular weight excluding hydrogens is 318 g/mol. The maximum atomic E-state index is 5.70. The molecule has 25 heavy (non-hydrogen) atoms. The third-order valence-electron chi connectivity index (χ3n) is 3.43. The summed E-state index contributed by atoms with van der Waals surface area (Å²) in [6.07, 6.45) is 0. The van der Waals surface area contributed by atoms with E-state index in [1.807, 2.05) is 51.4 Å². The summed E-state index contributed by atoms with van der Waals surface area (Å²) in [5, 5.41) is 6.50. The van der Waals surface area contributed by atoms with Crippen LogP contribution in [0.5, 0.6) is 11.5 Å². The summed E-state index contributed by atoms with van der Waals surface area (Å²) in [5.41, 5.74) is 0.918. The van der Waals surface area contributed by atoms with Crippen LogP contribution in [0.25, 0.3) is 0 Å². The Kier molecular flexibility index (Phi) is 7.28. The van der Waals surface area contributed by atoms with Gasteiger partial charge in [-0.25, -0.2) is 4.98 Å². The van der Waals surface area contributed by atoms with Crippen LogP contribution in [-0.4, -0.2) is 62.3 Å². The highest BCUT2D eigenvalue weighted by Crippen LogP contribution is 2.17. The lowest BCUT2D eigenvalue weighted by Gasteiger charge is -2.12. The minimum absolute atomic E-state index is 0.540. The van der Waals surface area contributed by atoms with Crippen molar-refractivity contribution < 1.29 is 9.47 Å². The highest BCUT2D eigenvalue weighted by molar-refractivity contribution is 5.42. The van der Waals surface area contributed by atoms with Crippen molar-refractivity contribution in [2.75, 3.05) is 58.1 Å². The third-order valence-corrected chi connectivity index (χ3v) is 3.43. The molecular formula is C18H27N5O2. The first-order valence-electron chi connectivity index (χ1n) is 8.32. The Hall–Kier alpha value is -2.54. The van der Waals surface area contributed by atoms with Gasteiger partial charge >= 0.3 is 0 Å². The molecule has 0 aliphatic rings. The van der Waals surface area contributed by atoms with E-state index in [9.17, 15) is 0 Å². The van der Waals surface area contributed by atoms with E-state index in [0.29, 0.717) is 19.1 Å². The Morgan fingerprint density at radius 1 is 1.00 bits per heavy atom. The zero-order chi connectivity index (χ0) is 18.1. The van der Waals surface area contributed by atoms with Gasteiger partial charge in [0.1, 0.15) is 23.9 Å². The van der Waals surface area contributed by atoms with Gasteiger partial charge in [-0.1, -0.05) is 0 Å². The Labute approximate surface area is 149 Å². The Morgan fingerprint density at radius 3 is 2.40 bits per heavy atom. The second kappa shape index (κ2) is 9.68. The second-order valence-electron chi connectivity index (χ2n) is 5.90. The predicted octanol–water partition coefficient (Wildman–Crippen LogP) is 2.26. The number of hydrogen-bond acceptors (Lipinski definition) is 7. The summed E-state index contributed by atoms with van der Waals surface area (Å²) in [7, 11) is 5.72. The monoisotopic (exact) mass is 345 g/mol. The number of nitrogens with one attached hydrogen (secondary N) is 2. The van der Waals surface area contributed by atoms with Crippen LogP contribution in [0.1, 0.15) is 5.69 Å². The van der Waals surface area contributed by atoms with E-state index in [1.165, 1.54) is 0 Å². The van der Waals surface area contributed by atoms with Crippen molar-refractivity contribution in [3.05, 3.63) is 36.0 Å². The lowest BCUT2D eigenvalue weighted by atomic mass is 10.3. The first kappa shape index (κ1) is 18.8. The summed E-state index contributed by atoms with van der Waals surface area (Å²) in [4.78, 5) is 11.0. The van der Waals surface area contributed by atoms with Crippen LogP contribution in [0.4, 0.5) is 11.8 Å². The molecule has 1 heterocycles. The Balaban J connectivity index is 1.78. The second-order valence-corrected chi connectivity index (χ2v) is 5.90. The number of benzene rings is 1. The van der Waals surface area contributed by atoms with Crippen LogP contribution in [-0.2, 0) is 0 Å². The molecule has 0 atom stereocenters. The Morgan fingerprint density at radius 2 is 1.72 bits per heavy atom. The van der Waals surface area contributed by atoms with Crippen LogP contribution in [0.3, 0.4) is 0 Å². The lowest BCUT2D eigenvalue weighted by molar-refractivity contribution is 0.331. The summed E-state index contributed by atoms with van der Waals surface area (Å²) in [6, 6.07) is 9.45. The van der Waals surface area contributed by atoms with Crippen LogP contribution in [0.2, 0.25) is 0 Å². The van der Waals surface area contributed by atoms with Crippen molar-refractivity contribution in [2.24, 2.45) is 0 Å². The molecule has 0 fully saturated rings. The molecule has 7 nitrogen and oxygen atoms in total. The SMILES string of the molecule is COc1ccc(OCCNc2cc(C)nc(NCCN(C)C)n2)cc1. The molecule has 136 valence electrons. The van der Waals surface area contributed by atoms with E-state index in [1.54, 1.807) is 7.11 Å². The van der Waals surface area contributed by atoms with Crippen molar-refractivity contribution in [1.82, 2.24) is 14.9 Å². The minimum Gasteiger partial charge on any atom is -0.497 e. The van der Waals surface area contributed by atoms with Crippen LogP contribution in [0, 0.1) is 6.92 Å². The largest absolute Gasteiger partial charge is 0.497 e. The number of aryl methyl sites for hydroxylation is 1. The summed E-state index contributed by atoms with van der Waals surface area (Å²) in [6.45, 7) is 4.88. The van der Waals surface area contributed by atoms with Crippen LogP contribution >= 0.6 is 0 Å². The summed E-state index contributed by atoms with van der Waals surface area (Å²) < 4.78 is 10.8. The number of ether oxygens (including phenoxy) is 2. The van der Waals surface area contributed by atoms with Crippen LogP contribution < -0.4 is 20.1 Å². The molecule has 2 aromatic rings. The first-order chi connectivity index (χ1) is 12.1. The average Bonchev–Trinajstić information content (AvgIpc) is 2.58. The quantitative estimate of drug-likeness (QED) is 0.640. The number of likely N-dealkylation sites (N-methyl/N-ethyl adjacent to an activating group) is 1. The fraction of sp³-hybridized carbons (Fsp3) is 0.444. The van der Waals surface area contributed by atoms with Gasteiger partial charge in [0.2, 0.25) is 5.95 Å². The molecule has 0 saturated carbocycles. The number of methoxy groups -OCH3 is 1. The minimum atomic E-state index is 0.540. The predicted molar refractivity (Wildman–Crippen MR) is 101 cm³/mol. The van der Waals surface area contributed by atoms with Crippen molar-refractivity contribution in [1.29, 1.82) is 0 Å². The molecule has 0 spiro atoms. The van der Waals surface area contributed by atoms with Crippen molar-refractivity contribution >= 4 is 11.8 Å². The number of rotatable bonds is 10. The first-order valence-corrected chi connectivity index (χ1v) is 8.32. The smallest absolute Gasteiger partial charge is 0.224 e. The summed E-state index contributed by atoms with van der Waals surface area (Å²) >= 11 is 0. The molecule has 0 aliphatic carbocycles. The van der Waals surface area contributed by atoms with Gasteiger partial charge in [-0.3, -0.25) is 0 Å². The maximum Gasteiger partial charge on any atom is 0.224 e. The highest BCUT2D eigenvalue weighted by Gasteiger charge is 2.02. The fourth-order valence-electron chi connectivity index (χ4n) is 2.15. The molecule has 0 bridgehead atoms. The highest BCUT2D eigenvalue weighted by atomic mass is 16.5. The Bertz CT molecular complexity index is 646. The van der Waals surface area contributed by atoms with Crippen molar-refractivity contribution in [3.8, 4) is 11.5 Å². The standard InChI is InChI=1S/C18H27N5O2/c1-14-13-17(22-18(21-14)20-9-11-23(2)3)19-10-12-25-16-7-5-15(24-4)6-8-16/h5-8,13H,9-12H2,1-4H3,(H2,19,20,21,22). The van der Waals surface area contributed by atoms with Gasteiger partial charge in [-0.05, 0) is 45.3 Å². The molecule has 0 radical (unpaired) electrons. The normalized spacial score (nSPS) is 10.6. The molecule has 0 amide bonds. The van der Waals surface area contributed by atoms with Gasteiger partial charge in [0.25, 0.3) is 0 Å². The van der Waals surface area contributed by atoms with E-state index < -0.39 is 0 Å². The maximum absolute atomic E-state index is 5.70. The molecule has 1 aromatic heterocycles. The van der Waals surface area contributed by atoms with E-state index >= 15 is 0 Å². The van der Waals surface area contributed by atoms with Gasteiger partial charge < -0.3 is 25.0 Å². The fourth-order valence-corrected chi connectivity index (χ4v) is 2.15. The molecule has 0 aliphatic heterocycles. The van der Waals surface area contributed by atoms with Gasteiger partial charge in [0, 0.05) is 24.8 Å². The van der Waals surface area contributed by atoms with E-state index in [-0.39, 0.29) is 0 Å². The van der Waals surface area contributed by atoms with Gasteiger partial charge in [-0.15, -0.1) is 0 Å². The number of hydrogen-bond donors (Lipinski definition) is 2. The van der Waals surface area contributed by atoms with Gasteiger partial charge in [-0.2, -0.15) is 4.98 Å². The summed E-state index contributed by atoms with van der Waals surface area (Å²) in [5.74, 6) is 3.06. The lowest BCUT2D eigenvalue weighted by Crippen LogP contribution is -2.22. The molecule has 2 N–H and O–H groups in total. The van der Waals surface area contributed by atoms with Crippen molar-refractivity contribution in [3.63, 3.8) is 0 Å². The molecule has 1 aromatic carbocycles. The zero-order valence-electron chi connectivity index (χ0n) is 15.4. The number of nitrogens with zero attached hydrogens (tertiary/aromatic N) is 3. The number of anilines is 2. The molecule has 2 rings (SSSR count). The zero-order valence-corrected chi connectivity index (χ0v) is 15.4. The molecule has 7 heteroatoms. The van der Waals surface area contributed by atoms with E-state index in [0.717, 1.165) is 36.1 Å². The van der Waals surface area contributed by atoms with E-state index in [4.69, 9.17) is 9.47 Å². The average molecular weight is 345 g/mol. The van der Waals surface area contributed by atoms with Gasteiger partial charge in [0.15, 0.2) is 0 Å². The van der Waals surface area contributed by atoms with Crippen molar-refractivity contribution in [2.45, 2.75) is 6.92 Å². The topological polar surface area (TPSA) is 71.5 Å². The molecule has 0 saturated heterocycles. The van der Waals surface area contributed by atoms with Gasteiger partial charge in [0.05, 0.1) is 13.7 Å². The van der Waals surface area contributed by atoms with E-state index in [2.05, 4.69) is 25.5 Å². The number of aromatic nitrogens is 2. The molecule has 0 unspecified atom stereocenters. The third kappa shape index (κ3) is 6.84. The van der Waals surface area contributed by atoms with Crippen LogP contribution in [0.15, 0.2) is 30.3 Å².